The molecule has 0 radical (unpaired) electrons. The first-order valence-electron chi connectivity index (χ1n) is 3.47. The lowest BCUT2D eigenvalue weighted by Crippen LogP contribution is -1.98. The van der Waals surface area contributed by atoms with Gasteiger partial charge in [0.05, 0.1) is 12.9 Å². The van der Waals surface area contributed by atoms with E-state index in [1.54, 1.807) is 12.5 Å². The number of nitrogens with two attached hydrogens (primary N) is 1. The second-order valence-electron chi connectivity index (χ2n) is 2.38. The first-order valence-corrected chi connectivity index (χ1v) is 3.47. The Morgan fingerprint density at radius 3 is 3.08 bits per heavy atom. The van der Waals surface area contributed by atoms with Gasteiger partial charge in [-0.05, 0) is 0 Å². The minimum Gasteiger partial charge on any atom is -0.367 e. The van der Waals surface area contributed by atoms with Gasteiger partial charge in [0.2, 0.25) is 5.95 Å². The van der Waals surface area contributed by atoms with Crippen LogP contribution < -0.4 is 5.73 Å². The standard InChI is InChI=1S/C6H8N6/c7-6-9-5(10-11-6)3-12-2-1-8-4-12/h1-2,4H,3H2,(H3,7,9,10,11). The summed E-state index contributed by atoms with van der Waals surface area (Å²) in [6.45, 7) is 0.615. The SMILES string of the molecule is Nc1n[nH]c(Cn2ccnc2)n1. The van der Waals surface area contributed by atoms with Crippen LogP contribution in [-0.4, -0.2) is 24.7 Å². The Hall–Kier alpha value is -1.85. The number of anilines is 1. The zero-order chi connectivity index (χ0) is 8.39. The molecule has 2 rings (SSSR count). The van der Waals surface area contributed by atoms with Crippen LogP contribution in [0.2, 0.25) is 0 Å². The van der Waals surface area contributed by atoms with Crippen molar-refractivity contribution in [2.45, 2.75) is 6.54 Å². The van der Waals surface area contributed by atoms with E-state index in [4.69, 9.17) is 5.73 Å². The number of nitrogens with one attached hydrogen (secondary N) is 1. The van der Waals surface area contributed by atoms with Gasteiger partial charge in [0, 0.05) is 12.4 Å². The summed E-state index contributed by atoms with van der Waals surface area (Å²) >= 11 is 0. The molecule has 0 aliphatic heterocycles. The summed E-state index contributed by atoms with van der Waals surface area (Å²) < 4.78 is 1.87. The molecule has 62 valence electrons. The zero-order valence-electron chi connectivity index (χ0n) is 6.31. The van der Waals surface area contributed by atoms with Crippen molar-refractivity contribution >= 4 is 5.95 Å². The molecule has 0 spiro atoms. The van der Waals surface area contributed by atoms with E-state index in [1.807, 2.05) is 10.8 Å². The average molecular weight is 164 g/mol. The molecule has 2 heterocycles. The van der Waals surface area contributed by atoms with E-state index >= 15 is 0 Å². The van der Waals surface area contributed by atoms with Crippen LogP contribution in [0.3, 0.4) is 0 Å². The second-order valence-corrected chi connectivity index (χ2v) is 2.38. The van der Waals surface area contributed by atoms with Crippen molar-refractivity contribution in [3.63, 3.8) is 0 Å². The fraction of sp³-hybridized carbons (Fsp3) is 0.167. The van der Waals surface area contributed by atoms with Gasteiger partial charge in [0.15, 0.2) is 0 Å². The Labute approximate surface area is 68.4 Å². The molecular formula is C6H8N6. The van der Waals surface area contributed by atoms with Crippen molar-refractivity contribution < 1.29 is 0 Å². The number of aromatic nitrogens is 5. The van der Waals surface area contributed by atoms with Gasteiger partial charge < -0.3 is 10.3 Å². The topological polar surface area (TPSA) is 85.4 Å². The third kappa shape index (κ3) is 1.26. The number of imidazole rings is 1. The Balaban J connectivity index is 2.14. The van der Waals surface area contributed by atoms with Gasteiger partial charge in [-0.3, -0.25) is 5.10 Å². The molecule has 2 aromatic heterocycles. The smallest absolute Gasteiger partial charge is 0.239 e. The highest BCUT2D eigenvalue weighted by Crippen LogP contribution is 1.96. The van der Waals surface area contributed by atoms with E-state index in [1.165, 1.54) is 0 Å². The summed E-state index contributed by atoms with van der Waals surface area (Å²) in [5, 5.41) is 6.41. The number of nitrogen functional groups attached to an aromatic ring is 1. The maximum Gasteiger partial charge on any atom is 0.239 e. The van der Waals surface area contributed by atoms with Gasteiger partial charge in [-0.1, -0.05) is 0 Å². The van der Waals surface area contributed by atoms with Gasteiger partial charge >= 0.3 is 0 Å². The second kappa shape index (κ2) is 2.65. The molecule has 3 N–H and O–H groups in total. The summed E-state index contributed by atoms with van der Waals surface area (Å²) in [6.07, 6.45) is 5.26. The third-order valence-electron chi connectivity index (χ3n) is 1.44. The first kappa shape index (κ1) is 6.84. The molecule has 6 heteroatoms. The molecule has 0 aromatic carbocycles. The van der Waals surface area contributed by atoms with Crippen LogP contribution >= 0.6 is 0 Å². The third-order valence-corrected chi connectivity index (χ3v) is 1.44. The molecule has 0 unspecified atom stereocenters. The molecular weight excluding hydrogens is 156 g/mol. The number of aromatic amines is 1. The fourth-order valence-corrected chi connectivity index (χ4v) is 0.934. The predicted molar refractivity (Wildman–Crippen MR) is 42.1 cm³/mol. The maximum atomic E-state index is 5.33. The average Bonchev–Trinajstić information content (AvgIpc) is 2.63. The molecule has 2 aromatic rings. The van der Waals surface area contributed by atoms with Gasteiger partial charge in [0.1, 0.15) is 5.82 Å². The molecule has 0 amide bonds. The molecule has 6 nitrogen and oxygen atoms in total. The van der Waals surface area contributed by atoms with E-state index in [2.05, 4.69) is 20.2 Å². The molecule has 0 aliphatic rings. The normalized spacial score (nSPS) is 10.3. The van der Waals surface area contributed by atoms with E-state index in [9.17, 15) is 0 Å². The Morgan fingerprint density at radius 1 is 1.58 bits per heavy atom. The number of rotatable bonds is 2. The summed E-state index contributed by atoms with van der Waals surface area (Å²) in [4.78, 5) is 7.84. The number of hydrogen-bond donors (Lipinski definition) is 2. The van der Waals surface area contributed by atoms with Crippen molar-refractivity contribution in [2.24, 2.45) is 0 Å². The quantitative estimate of drug-likeness (QED) is 0.634. The summed E-state index contributed by atoms with van der Waals surface area (Å²) in [6, 6.07) is 0. The van der Waals surface area contributed by atoms with Crippen molar-refractivity contribution in [3.05, 3.63) is 24.5 Å². The van der Waals surface area contributed by atoms with E-state index in [-0.39, 0.29) is 5.95 Å². The minimum atomic E-state index is 0.269. The van der Waals surface area contributed by atoms with Crippen LogP contribution in [0, 0.1) is 0 Å². The van der Waals surface area contributed by atoms with Gasteiger partial charge in [-0.15, -0.1) is 5.10 Å². The van der Waals surface area contributed by atoms with Gasteiger partial charge in [-0.2, -0.15) is 4.98 Å². The van der Waals surface area contributed by atoms with Crippen LogP contribution in [-0.2, 0) is 6.54 Å². The number of nitrogens with zero attached hydrogens (tertiary/aromatic N) is 4. The fourth-order valence-electron chi connectivity index (χ4n) is 0.934. The number of hydrogen-bond acceptors (Lipinski definition) is 4. The van der Waals surface area contributed by atoms with Crippen molar-refractivity contribution in [2.75, 3.05) is 5.73 Å². The lowest BCUT2D eigenvalue weighted by molar-refractivity contribution is 0.747. The van der Waals surface area contributed by atoms with Crippen LogP contribution in [0.4, 0.5) is 5.95 Å². The molecule has 0 saturated carbocycles. The van der Waals surface area contributed by atoms with Crippen molar-refractivity contribution in [1.29, 1.82) is 0 Å². The highest BCUT2D eigenvalue weighted by Gasteiger charge is 1.98. The first-order chi connectivity index (χ1) is 5.84. The highest BCUT2D eigenvalue weighted by atomic mass is 15.3. The zero-order valence-corrected chi connectivity index (χ0v) is 6.31. The Morgan fingerprint density at radius 2 is 2.50 bits per heavy atom. The molecule has 0 atom stereocenters. The van der Waals surface area contributed by atoms with Crippen LogP contribution in [0.5, 0.6) is 0 Å². The lowest BCUT2D eigenvalue weighted by atomic mass is 10.6. The van der Waals surface area contributed by atoms with Crippen LogP contribution in [0.1, 0.15) is 5.82 Å². The van der Waals surface area contributed by atoms with E-state index in [0.717, 1.165) is 5.82 Å². The van der Waals surface area contributed by atoms with Gasteiger partial charge in [0.25, 0.3) is 0 Å². The Kier molecular flexibility index (Phi) is 1.51. The predicted octanol–water partition coefficient (Wildman–Crippen LogP) is -0.368. The lowest BCUT2D eigenvalue weighted by Gasteiger charge is -1.94. The summed E-state index contributed by atoms with van der Waals surface area (Å²) in [5.74, 6) is 0.996. The monoisotopic (exact) mass is 164 g/mol. The largest absolute Gasteiger partial charge is 0.367 e. The summed E-state index contributed by atoms with van der Waals surface area (Å²) in [5.41, 5.74) is 5.33. The molecule has 12 heavy (non-hydrogen) atoms. The van der Waals surface area contributed by atoms with E-state index in [0.29, 0.717) is 6.54 Å². The van der Waals surface area contributed by atoms with Crippen molar-refractivity contribution in [3.8, 4) is 0 Å². The Bertz CT molecular complexity index is 348. The molecule has 0 fully saturated rings. The van der Waals surface area contributed by atoms with Crippen LogP contribution in [0.25, 0.3) is 0 Å². The van der Waals surface area contributed by atoms with Crippen LogP contribution in [0.15, 0.2) is 18.7 Å². The number of H-pyrrole nitrogens is 1. The van der Waals surface area contributed by atoms with Gasteiger partial charge in [-0.25, -0.2) is 4.98 Å². The molecule has 0 aliphatic carbocycles. The summed E-state index contributed by atoms with van der Waals surface area (Å²) in [7, 11) is 0. The van der Waals surface area contributed by atoms with Crippen molar-refractivity contribution in [1.82, 2.24) is 24.7 Å². The van der Waals surface area contributed by atoms with E-state index < -0.39 is 0 Å². The maximum absolute atomic E-state index is 5.33. The highest BCUT2D eigenvalue weighted by molar-refractivity contribution is 5.12. The molecule has 0 saturated heterocycles. The molecule has 0 bridgehead atoms. The minimum absolute atomic E-state index is 0.269.